The summed E-state index contributed by atoms with van der Waals surface area (Å²) >= 11 is 0. The van der Waals surface area contributed by atoms with E-state index in [1.165, 1.54) is 12.1 Å². The maximum absolute atomic E-state index is 13.0. The number of hydrogen-bond acceptors (Lipinski definition) is 3. The van der Waals surface area contributed by atoms with Crippen LogP contribution >= 0.6 is 0 Å². The van der Waals surface area contributed by atoms with Gasteiger partial charge in [-0.3, -0.25) is 0 Å². The second-order valence-corrected chi connectivity index (χ2v) is 5.56. The molecule has 0 aliphatic carbocycles. The van der Waals surface area contributed by atoms with Gasteiger partial charge in [-0.15, -0.1) is 0 Å². The first-order chi connectivity index (χ1) is 10.4. The van der Waals surface area contributed by atoms with Gasteiger partial charge in [0.1, 0.15) is 5.82 Å². The maximum atomic E-state index is 13.0. The first-order valence-electron chi connectivity index (χ1n) is 7.55. The Balaban J connectivity index is 2.47. The highest BCUT2D eigenvalue weighted by Crippen LogP contribution is 2.17. The van der Waals surface area contributed by atoms with E-state index < -0.39 is 6.10 Å². The van der Waals surface area contributed by atoms with E-state index in [-0.39, 0.29) is 24.4 Å². The fourth-order valence-corrected chi connectivity index (χ4v) is 2.18. The number of amides is 2. The van der Waals surface area contributed by atoms with Crippen LogP contribution in [-0.4, -0.2) is 49.3 Å². The van der Waals surface area contributed by atoms with Gasteiger partial charge in [-0.1, -0.05) is 25.5 Å². The minimum atomic E-state index is -0.516. The van der Waals surface area contributed by atoms with Gasteiger partial charge in [-0.05, 0) is 38.2 Å². The minimum Gasteiger partial charge on any atom is -0.391 e. The molecule has 0 saturated heterocycles. The number of halogens is 1. The fourth-order valence-electron chi connectivity index (χ4n) is 2.18. The average Bonchev–Trinajstić information content (AvgIpc) is 2.47. The van der Waals surface area contributed by atoms with Crippen LogP contribution in [0.4, 0.5) is 9.18 Å². The Morgan fingerprint density at radius 2 is 1.82 bits per heavy atom. The molecule has 0 bridgehead atoms. The summed E-state index contributed by atoms with van der Waals surface area (Å²) in [4.78, 5) is 13.7. The molecule has 22 heavy (non-hydrogen) atoms. The van der Waals surface area contributed by atoms with Gasteiger partial charge in [-0.2, -0.15) is 0 Å². The molecule has 0 aliphatic heterocycles. The van der Waals surface area contributed by atoms with Crippen LogP contribution in [0.3, 0.4) is 0 Å². The van der Waals surface area contributed by atoms with Crippen LogP contribution in [0.1, 0.15) is 31.4 Å². The summed E-state index contributed by atoms with van der Waals surface area (Å²) in [5.74, 6) is -0.281. The largest absolute Gasteiger partial charge is 0.391 e. The molecule has 2 amide bonds. The molecule has 124 valence electrons. The third kappa shape index (κ3) is 6.41. The van der Waals surface area contributed by atoms with E-state index in [0.29, 0.717) is 13.0 Å². The van der Waals surface area contributed by atoms with Gasteiger partial charge >= 0.3 is 6.03 Å². The number of aliphatic hydroxyl groups excluding tert-OH is 1. The molecule has 5 nitrogen and oxygen atoms in total. The number of benzene rings is 1. The number of nitrogens with one attached hydrogen (secondary N) is 2. The zero-order valence-corrected chi connectivity index (χ0v) is 13.5. The van der Waals surface area contributed by atoms with Crippen molar-refractivity contribution < 1.29 is 14.3 Å². The number of aliphatic hydroxyl groups is 1. The van der Waals surface area contributed by atoms with E-state index in [0.717, 1.165) is 12.0 Å². The monoisotopic (exact) mass is 311 g/mol. The lowest BCUT2D eigenvalue weighted by molar-refractivity contribution is 0.160. The van der Waals surface area contributed by atoms with Crippen molar-refractivity contribution >= 4 is 6.03 Å². The number of rotatable bonds is 8. The number of nitrogens with zero attached hydrogens (tertiary/aromatic N) is 1. The Labute approximate surface area is 131 Å². The maximum Gasteiger partial charge on any atom is 0.314 e. The summed E-state index contributed by atoms with van der Waals surface area (Å²) in [6.07, 6.45) is 1.02. The van der Waals surface area contributed by atoms with Crippen LogP contribution in [0.2, 0.25) is 0 Å². The molecule has 3 N–H and O–H groups in total. The Bertz CT molecular complexity index is 451. The number of carbonyl (C=O) groups is 1. The van der Waals surface area contributed by atoms with Crippen molar-refractivity contribution in [3.8, 4) is 0 Å². The first kappa shape index (κ1) is 18.4. The van der Waals surface area contributed by atoms with Crippen molar-refractivity contribution in [2.24, 2.45) is 0 Å². The second kappa shape index (κ2) is 9.38. The van der Waals surface area contributed by atoms with Crippen LogP contribution in [0.25, 0.3) is 0 Å². The lowest BCUT2D eigenvalue weighted by Crippen LogP contribution is -2.43. The highest BCUT2D eigenvalue weighted by Gasteiger charge is 2.15. The third-order valence-electron chi connectivity index (χ3n) is 3.45. The minimum absolute atomic E-state index is 0.0492. The molecule has 0 saturated carbocycles. The molecular weight excluding hydrogens is 285 g/mol. The summed E-state index contributed by atoms with van der Waals surface area (Å²) in [5.41, 5.74) is 0.928. The number of carbonyl (C=O) groups excluding carboxylic acids is 1. The summed E-state index contributed by atoms with van der Waals surface area (Å²) in [5, 5.41) is 15.0. The van der Waals surface area contributed by atoms with Gasteiger partial charge < -0.3 is 20.6 Å². The second-order valence-electron chi connectivity index (χ2n) is 5.56. The van der Waals surface area contributed by atoms with E-state index in [9.17, 15) is 14.3 Å². The van der Waals surface area contributed by atoms with Gasteiger partial charge in [0, 0.05) is 13.1 Å². The molecule has 0 aliphatic rings. The molecule has 1 aromatic rings. The van der Waals surface area contributed by atoms with Crippen molar-refractivity contribution in [1.82, 2.24) is 15.5 Å². The molecule has 0 heterocycles. The highest BCUT2D eigenvalue weighted by molar-refractivity contribution is 5.73. The van der Waals surface area contributed by atoms with E-state index in [1.807, 2.05) is 25.9 Å². The van der Waals surface area contributed by atoms with Crippen LogP contribution in [0, 0.1) is 5.82 Å². The van der Waals surface area contributed by atoms with E-state index in [1.54, 1.807) is 12.1 Å². The summed E-state index contributed by atoms with van der Waals surface area (Å²) in [7, 11) is 3.80. The van der Waals surface area contributed by atoms with Crippen LogP contribution in [-0.2, 0) is 0 Å². The molecule has 0 aromatic heterocycles. The zero-order chi connectivity index (χ0) is 16.5. The predicted octanol–water partition coefficient (Wildman–Crippen LogP) is 1.89. The predicted molar refractivity (Wildman–Crippen MR) is 85.1 cm³/mol. The Morgan fingerprint density at radius 3 is 2.36 bits per heavy atom. The van der Waals surface area contributed by atoms with Gasteiger partial charge in [0.25, 0.3) is 0 Å². The van der Waals surface area contributed by atoms with E-state index in [2.05, 4.69) is 10.6 Å². The molecule has 2 unspecified atom stereocenters. The van der Waals surface area contributed by atoms with E-state index in [4.69, 9.17) is 0 Å². The highest BCUT2D eigenvalue weighted by atomic mass is 19.1. The topological polar surface area (TPSA) is 64.6 Å². The smallest absolute Gasteiger partial charge is 0.314 e. The summed E-state index contributed by atoms with van der Waals surface area (Å²) in [6.45, 7) is 2.62. The molecular formula is C16H26FN3O2. The van der Waals surface area contributed by atoms with Crippen molar-refractivity contribution in [2.75, 3.05) is 27.2 Å². The Hall–Kier alpha value is -1.66. The molecule has 1 rings (SSSR count). The summed E-state index contributed by atoms with van der Waals surface area (Å²) < 4.78 is 13.0. The van der Waals surface area contributed by atoms with Crippen molar-refractivity contribution in [2.45, 2.75) is 31.9 Å². The Morgan fingerprint density at radius 1 is 1.23 bits per heavy atom. The zero-order valence-electron chi connectivity index (χ0n) is 13.5. The molecule has 0 spiro atoms. The SMILES string of the molecule is CCCC(O)CNC(=O)NCC(c1ccc(F)cc1)N(C)C. The van der Waals surface area contributed by atoms with Crippen LogP contribution < -0.4 is 10.6 Å². The number of hydrogen-bond donors (Lipinski definition) is 3. The molecule has 1 aromatic carbocycles. The van der Waals surface area contributed by atoms with Gasteiger partial charge in [0.15, 0.2) is 0 Å². The van der Waals surface area contributed by atoms with Crippen molar-refractivity contribution in [3.05, 3.63) is 35.6 Å². The van der Waals surface area contributed by atoms with Gasteiger partial charge in [0.2, 0.25) is 0 Å². The third-order valence-corrected chi connectivity index (χ3v) is 3.45. The lowest BCUT2D eigenvalue weighted by Gasteiger charge is -2.25. The average molecular weight is 311 g/mol. The number of likely N-dealkylation sites (N-methyl/N-ethyl adjacent to an activating group) is 1. The quantitative estimate of drug-likeness (QED) is 0.687. The molecule has 0 radical (unpaired) electrons. The fraction of sp³-hybridized carbons (Fsp3) is 0.562. The van der Waals surface area contributed by atoms with Gasteiger partial charge in [0.05, 0.1) is 12.1 Å². The lowest BCUT2D eigenvalue weighted by atomic mass is 10.1. The molecule has 6 heteroatoms. The normalized spacial score (nSPS) is 13.7. The standard InChI is InChI=1S/C16H26FN3O2/c1-4-5-14(21)10-18-16(22)19-11-15(20(2)3)12-6-8-13(17)9-7-12/h6-9,14-15,21H,4-5,10-11H2,1-3H3,(H2,18,19,22). The molecule has 2 atom stereocenters. The van der Waals surface area contributed by atoms with Gasteiger partial charge in [-0.25, -0.2) is 9.18 Å². The van der Waals surface area contributed by atoms with E-state index >= 15 is 0 Å². The Kier molecular flexibility index (Phi) is 7.84. The van der Waals surface area contributed by atoms with Crippen molar-refractivity contribution in [3.63, 3.8) is 0 Å². The number of urea groups is 1. The summed E-state index contributed by atoms with van der Waals surface area (Å²) in [6, 6.07) is 5.88. The van der Waals surface area contributed by atoms with Crippen LogP contribution in [0.15, 0.2) is 24.3 Å². The van der Waals surface area contributed by atoms with Crippen molar-refractivity contribution in [1.29, 1.82) is 0 Å². The first-order valence-corrected chi connectivity index (χ1v) is 7.55. The molecule has 0 fully saturated rings. The van der Waals surface area contributed by atoms with Crippen LogP contribution in [0.5, 0.6) is 0 Å².